The molecule has 0 spiro atoms. The zero-order valence-corrected chi connectivity index (χ0v) is 13.2. The summed E-state index contributed by atoms with van der Waals surface area (Å²) in [5.41, 5.74) is 1.40. The minimum Gasteiger partial charge on any atom is -0.349 e. The van der Waals surface area contributed by atoms with Crippen molar-refractivity contribution in [3.8, 4) is 0 Å². The Kier molecular flexibility index (Phi) is 8.41. The second-order valence-electron chi connectivity index (χ2n) is 5.74. The summed E-state index contributed by atoms with van der Waals surface area (Å²) in [5, 5.41) is 2.62. The third-order valence-electron chi connectivity index (χ3n) is 3.69. The Morgan fingerprint density at radius 2 is 1.71 bits per heavy atom. The van der Waals surface area contributed by atoms with Crippen molar-refractivity contribution in [1.29, 1.82) is 0 Å². The van der Waals surface area contributed by atoms with Crippen LogP contribution in [-0.2, 0) is 9.59 Å². The highest BCUT2D eigenvalue weighted by Crippen LogP contribution is 2.21. The van der Waals surface area contributed by atoms with Crippen molar-refractivity contribution in [3.05, 3.63) is 35.9 Å². The number of hydrogen-bond acceptors (Lipinski definition) is 2. The number of carbonyl (C=O) groups is 2. The largest absolute Gasteiger partial charge is 0.349 e. The average Bonchev–Trinajstić information content (AvgIpc) is 2.49. The molecule has 1 aromatic carbocycles. The molecule has 0 saturated heterocycles. The molecular formula is C18H27NO2. The molecule has 1 rings (SSSR count). The Morgan fingerprint density at radius 3 is 2.38 bits per heavy atom. The molecule has 3 heteroatoms. The SMILES string of the molecule is CC(=O)CNC(=O)CCCCCCC(C)c1ccccc1. The molecule has 1 amide bonds. The zero-order chi connectivity index (χ0) is 15.5. The molecule has 1 aromatic rings. The maximum Gasteiger partial charge on any atom is 0.220 e. The van der Waals surface area contributed by atoms with Gasteiger partial charge in [-0.3, -0.25) is 9.59 Å². The van der Waals surface area contributed by atoms with Crippen LogP contribution in [0, 0.1) is 0 Å². The van der Waals surface area contributed by atoms with E-state index in [-0.39, 0.29) is 18.2 Å². The van der Waals surface area contributed by atoms with Crippen LogP contribution in [0.15, 0.2) is 30.3 Å². The molecule has 0 fully saturated rings. The second-order valence-corrected chi connectivity index (χ2v) is 5.74. The van der Waals surface area contributed by atoms with E-state index in [0.29, 0.717) is 12.3 Å². The van der Waals surface area contributed by atoms with Gasteiger partial charge in [0.1, 0.15) is 5.78 Å². The number of ketones is 1. The van der Waals surface area contributed by atoms with E-state index in [1.54, 1.807) is 0 Å². The summed E-state index contributed by atoms with van der Waals surface area (Å²) >= 11 is 0. The van der Waals surface area contributed by atoms with Crippen molar-refractivity contribution in [2.45, 2.75) is 58.3 Å². The standard InChI is InChI=1S/C18H27NO2/c1-15(17-11-7-5-8-12-17)10-6-3-4-9-13-18(21)19-14-16(2)20/h5,7-8,11-12,15H,3-4,6,9-10,13-14H2,1-2H3,(H,19,21). The summed E-state index contributed by atoms with van der Waals surface area (Å²) in [7, 11) is 0. The zero-order valence-electron chi connectivity index (χ0n) is 13.2. The minimum atomic E-state index is -0.0112. The van der Waals surface area contributed by atoms with Crippen LogP contribution in [0.5, 0.6) is 0 Å². The average molecular weight is 289 g/mol. The highest BCUT2D eigenvalue weighted by molar-refractivity contribution is 5.84. The number of hydrogen-bond donors (Lipinski definition) is 1. The molecule has 3 nitrogen and oxygen atoms in total. The van der Waals surface area contributed by atoms with Gasteiger partial charge in [0.05, 0.1) is 6.54 Å². The Balaban J connectivity index is 2.02. The molecule has 0 radical (unpaired) electrons. The van der Waals surface area contributed by atoms with Gasteiger partial charge in [0.25, 0.3) is 0 Å². The van der Waals surface area contributed by atoms with Gasteiger partial charge in [-0.05, 0) is 31.2 Å². The molecule has 0 saturated carbocycles. The van der Waals surface area contributed by atoms with Gasteiger partial charge >= 0.3 is 0 Å². The molecule has 0 bridgehead atoms. The van der Waals surface area contributed by atoms with E-state index >= 15 is 0 Å². The van der Waals surface area contributed by atoms with Crippen LogP contribution in [0.3, 0.4) is 0 Å². The monoisotopic (exact) mass is 289 g/mol. The van der Waals surface area contributed by atoms with E-state index in [1.807, 2.05) is 6.07 Å². The molecule has 21 heavy (non-hydrogen) atoms. The number of rotatable bonds is 10. The van der Waals surface area contributed by atoms with Crippen molar-refractivity contribution in [1.82, 2.24) is 5.32 Å². The lowest BCUT2D eigenvalue weighted by Gasteiger charge is -2.11. The van der Waals surface area contributed by atoms with Crippen molar-refractivity contribution in [2.75, 3.05) is 6.54 Å². The van der Waals surface area contributed by atoms with Crippen LogP contribution in [0.4, 0.5) is 0 Å². The first-order chi connectivity index (χ1) is 10.1. The third-order valence-corrected chi connectivity index (χ3v) is 3.69. The number of benzene rings is 1. The first kappa shape index (κ1) is 17.4. The molecule has 1 unspecified atom stereocenters. The smallest absolute Gasteiger partial charge is 0.220 e. The normalized spacial score (nSPS) is 11.9. The van der Waals surface area contributed by atoms with Gasteiger partial charge < -0.3 is 5.32 Å². The molecule has 1 atom stereocenters. The van der Waals surface area contributed by atoms with Gasteiger partial charge in [0.15, 0.2) is 0 Å². The quantitative estimate of drug-likeness (QED) is 0.665. The van der Waals surface area contributed by atoms with E-state index in [4.69, 9.17) is 0 Å². The fourth-order valence-corrected chi connectivity index (χ4v) is 2.35. The summed E-state index contributed by atoms with van der Waals surface area (Å²) < 4.78 is 0. The van der Waals surface area contributed by atoms with Gasteiger partial charge in [-0.25, -0.2) is 0 Å². The van der Waals surface area contributed by atoms with Crippen LogP contribution in [-0.4, -0.2) is 18.2 Å². The first-order valence-electron chi connectivity index (χ1n) is 7.90. The lowest BCUT2D eigenvalue weighted by molar-refractivity contribution is -0.124. The maximum atomic E-state index is 11.4. The van der Waals surface area contributed by atoms with Crippen LogP contribution in [0.25, 0.3) is 0 Å². The Hall–Kier alpha value is -1.64. The van der Waals surface area contributed by atoms with Crippen molar-refractivity contribution in [2.24, 2.45) is 0 Å². The van der Waals surface area contributed by atoms with E-state index < -0.39 is 0 Å². The van der Waals surface area contributed by atoms with Crippen LogP contribution >= 0.6 is 0 Å². The lowest BCUT2D eigenvalue weighted by atomic mass is 9.95. The predicted molar refractivity (Wildman–Crippen MR) is 86.2 cm³/mol. The van der Waals surface area contributed by atoms with E-state index in [9.17, 15) is 9.59 Å². The molecule has 0 heterocycles. The topological polar surface area (TPSA) is 46.2 Å². The van der Waals surface area contributed by atoms with Crippen molar-refractivity contribution >= 4 is 11.7 Å². The molecule has 0 aromatic heterocycles. The summed E-state index contributed by atoms with van der Waals surface area (Å²) in [6, 6.07) is 10.6. The molecule has 0 aliphatic carbocycles. The van der Waals surface area contributed by atoms with Crippen LogP contribution in [0.2, 0.25) is 0 Å². The number of carbonyl (C=O) groups excluding carboxylic acids is 2. The van der Waals surface area contributed by atoms with Crippen LogP contribution in [0.1, 0.15) is 63.9 Å². The number of Topliss-reactive ketones (excluding diaryl/α,β-unsaturated/α-hetero) is 1. The Labute approximate surface area is 128 Å². The van der Waals surface area contributed by atoms with E-state index in [0.717, 1.165) is 19.3 Å². The van der Waals surface area contributed by atoms with E-state index in [2.05, 4.69) is 36.5 Å². The molecular weight excluding hydrogens is 262 g/mol. The number of amides is 1. The molecule has 0 aliphatic rings. The maximum absolute atomic E-state index is 11.4. The minimum absolute atomic E-state index is 0.00162. The summed E-state index contributed by atoms with van der Waals surface area (Å²) in [6.07, 6.45) is 6.07. The highest BCUT2D eigenvalue weighted by atomic mass is 16.2. The van der Waals surface area contributed by atoms with Gasteiger partial charge in [0, 0.05) is 6.42 Å². The number of unbranched alkanes of at least 4 members (excludes halogenated alkanes) is 3. The molecule has 116 valence electrons. The first-order valence-corrected chi connectivity index (χ1v) is 7.90. The summed E-state index contributed by atoms with van der Waals surface area (Å²) in [5.74, 6) is 0.589. The highest BCUT2D eigenvalue weighted by Gasteiger charge is 2.05. The van der Waals surface area contributed by atoms with Gasteiger partial charge in [-0.2, -0.15) is 0 Å². The van der Waals surface area contributed by atoms with Gasteiger partial charge in [-0.1, -0.05) is 56.5 Å². The Morgan fingerprint density at radius 1 is 1.05 bits per heavy atom. The van der Waals surface area contributed by atoms with Crippen LogP contribution < -0.4 is 5.32 Å². The predicted octanol–water partition coefficient (Wildman–Crippen LogP) is 3.84. The second kappa shape index (κ2) is 10.1. The van der Waals surface area contributed by atoms with Gasteiger partial charge in [-0.15, -0.1) is 0 Å². The Bertz CT molecular complexity index is 428. The van der Waals surface area contributed by atoms with Gasteiger partial charge in [0.2, 0.25) is 5.91 Å². The third kappa shape index (κ3) is 8.28. The summed E-state index contributed by atoms with van der Waals surface area (Å²) in [6.45, 7) is 3.91. The van der Waals surface area contributed by atoms with Crippen molar-refractivity contribution < 1.29 is 9.59 Å². The molecule has 0 aliphatic heterocycles. The number of nitrogens with one attached hydrogen (secondary N) is 1. The lowest BCUT2D eigenvalue weighted by Crippen LogP contribution is -2.27. The summed E-state index contributed by atoms with van der Waals surface area (Å²) in [4.78, 5) is 22.1. The van der Waals surface area contributed by atoms with Crippen molar-refractivity contribution in [3.63, 3.8) is 0 Å². The fourth-order valence-electron chi connectivity index (χ4n) is 2.35. The fraction of sp³-hybridized carbons (Fsp3) is 0.556. The van der Waals surface area contributed by atoms with E-state index in [1.165, 1.54) is 25.3 Å². The molecule has 1 N–H and O–H groups in total.